The fourth-order valence-electron chi connectivity index (χ4n) is 4.30. The second kappa shape index (κ2) is 9.47. The molecule has 29 heavy (non-hydrogen) atoms. The number of hydrogen-bond acceptors (Lipinski definition) is 5. The Morgan fingerprint density at radius 3 is 1.59 bits per heavy atom. The molecule has 0 bridgehead atoms. The fourth-order valence-corrected chi connectivity index (χ4v) is 5.12. The van der Waals surface area contributed by atoms with Gasteiger partial charge in [0.2, 0.25) is 11.8 Å². The fraction of sp³-hybridized carbons (Fsp3) is 0.600. The maximum atomic E-state index is 12.5. The quantitative estimate of drug-likeness (QED) is 0.750. The molecule has 0 aromatic carbocycles. The van der Waals surface area contributed by atoms with Crippen LogP contribution >= 0.6 is 11.8 Å². The summed E-state index contributed by atoms with van der Waals surface area (Å²) in [6.45, 7) is 3.13. The summed E-state index contributed by atoms with van der Waals surface area (Å²) in [5.74, 6) is 2.02. The zero-order valence-electron chi connectivity index (χ0n) is 16.5. The number of carbonyl (C=O) groups excluding carboxylic acids is 2. The minimum absolute atomic E-state index is 0.145. The highest BCUT2D eigenvalue weighted by atomic mass is 32.2. The first kappa shape index (κ1) is 20.0. The largest absolute Gasteiger partial charge is 0.342 e. The number of piperidine rings is 2. The van der Waals surface area contributed by atoms with Crippen LogP contribution in [0.15, 0.2) is 24.8 Å². The molecular formula is C20H28N6O2S. The van der Waals surface area contributed by atoms with Gasteiger partial charge in [0.1, 0.15) is 0 Å². The van der Waals surface area contributed by atoms with E-state index in [-0.39, 0.29) is 11.8 Å². The van der Waals surface area contributed by atoms with Gasteiger partial charge in [-0.15, -0.1) is 11.8 Å². The van der Waals surface area contributed by atoms with E-state index < -0.39 is 0 Å². The smallest absolute Gasteiger partial charge is 0.232 e. The number of rotatable bonds is 6. The molecule has 2 saturated heterocycles. The molecule has 2 aliphatic rings. The molecule has 0 radical (unpaired) electrons. The predicted molar refractivity (Wildman–Crippen MR) is 112 cm³/mol. The minimum atomic E-state index is 0.145. The lowest BCUT2D eigenvalue weighted by Crippen LogP contribution is -2.40. The van der Waals surface area contributed by atoms with Gasteiger partial charge in [-0.05, 0) is 48.6 Å². The van der Waals surface area contributed by atoms with Crippen molar-refractivity contribution >= 4 is 23.6 Å². The van der Waals surface area contributed by atoms with Crippen LogP contribution < -0.4 is 0 Å². The van der Waals surface area contributed by atoms with Crippen LogP contribution in [0.1, 0.15) is 48.6 Å². The van der Waals surface area contributed by atoms with Crippen LogP contribution in [0.5, 0.6) is 0 Å². The first-order chi connectivity index (χ1) is 14.2. The molecule has 2 N–H and O–H groups in total. The van der Waals surface area contributed by atoms with Gasteiger partial charge in [-0.1, -0.05) is 0 Å². The molecule has 2 aromatic heterocycles. The summed E-state index contributed by atoms with van der Waals surface area (Å²) in [6.07, 6.45) is 11.5. The van der Waals surface area contributed by atoms with E-state index in [1.165, 1.54) is 22.9 Å². The van der Waals surface area contributed by atoms with Crippen molar-refractivity contribution in [2.75, 3.05) is 37.7 Å². The molecule has 0 spiro atoms. The number of aromatic nitrogens is 4. The Labute approximate surface area is 174 Å². The van der Waals surface area contributed by atoms with Crippen molar-refractivity contribution in [1.29, 1.82) is 0 Å². The first-order valence-electron chi connectivity index (χ1n) is 10.3. The van der Waals surface area contributed by atoms with Crippen LogP contribution in [0, 0.1) is 0 Å². The van der Waals surface area contributed by atoms with Crippen LogP contribution in [-0.2, 0) is 9.59 Å². The molecule has 0 aliphatic carbocycles. The second-order valence-corrected chi connectivity index (χ2v) is 8.85. The predicted octanol–water partition coefficient (Wildman–Crippen LogP) is 1.98. The van der Waals surface area contributed by atoms with Crippen LogP contribution in [0.4, 0.5) is 0 Å². The topological polar surface area (TPSA) is 98.0 Å². The van der Waals surface area contributed by atoms with Crippen LogP contribution in [0.25, 0.3) is 0 Å². The van der Waals surface area contributed by atoms with Gasteiger partial charge >= 0.3 is 0 Å². The van der Waals surface area contributed by atoms with E-state index in [1.54, 1.807) is 0 Å². The van der Waals surface area contributed by atoms with E-state index in [2.05, 4.69) is 20.4 Å². The van der Waals surface area contributed by atoms with Gasteiger partial charge in [-0.3, -0.25) is 19.8 Å². The number of thioether (sulfide) groups is 1. The SMILES string of the molecule is O=C(CSCC(=O)N1CCC(c2cn[nH]c2)CC1)N1CCC(c2cn[nH]c2)CC1. The van der Waals surface area contributed by atoms with Crippen molar-refractivity contribution in [1.82, 2.24) is 30.2 Å². The monoisotopic (exact) mass is 416 g/mol. The molecule has 4 heterocycles. The molecule has 156 valence electrons. The molecule has 2 amide bonds. The first-order valence-corrected chi connectivity index (χ1v) is 11.5. The van der Waals surface area contributed by atoms with Gasteiger partial charge in [-0.25, -0.2) is 0 Å². The van der Waals surface area contributed by atoms with Gasteiger partial charge in [0.25, 0.3) is 0 Å². The molecule has 0 unspecified atom stereocenters. The summed E-state index contributed by atoms with van der Waals surface area (Å²) < 4.78 is 0. The summed E-state index contributed by atoms with van der Waals surface area (Å²) in [7, 11) is 0. The van der Waals surface area contributed by atoms with Crippen molar-refractivity contribution in [3.05, 3.63) is 35.9 Å². The number of carbonyl (C=O) groups is 2. The van der Waals surface area contributed by atoms with E-state index in [4.69, 9.17) is 0 Å². The average molecular weight is 417 g/mol. The van der Waals surface area contributed by atoms with Gasteiger partial charge in [0.15, 0.2) is 0 Å². The van der Waals surface area contributed by atoms with E-state index in [1.807, 2.05) is 34.6 Å². The van der Waals surface area contributed by atoms with E-state index in [9.17, 15) is 9.59 Å². The highest BCUT2D eigenvalue weighted by molar-refractivity contribution is 8.00. The summed E-state index contributed by atoms with van der Waals surface area (Å²) in [5.41, 5.74) is 2.46. The summed E-state index contributed by atoms with van der Waals surface area (Å²) in [6, 6.07) is 0. The third-order valence-corrected chi connectivity index (χ3v) is 7.03. The minimum Gasteiger partial charge on any atom is -0.342 e. The Morgan fingerprint density at radius 2 is 1.24 bits per heavy atom. The molecule has 2 aliphatic heterocycles. The molecule has 2 fully saturated rings. The highest BCUT2D eigenvalue weighted by Crippen LogP contribution is 2.28. The molecular weight excluding hydrogens is 388 g/mol. The number of amides is 2. The van der Waals surface area contributed by atoms with Gasteiger partial charge in [0.05, 0.1) is 23.9 Å². The van der Waals surface area contributed by atoms with Crippen LogP contribution in [0.3, 0.4) is 0 Å². The number of nitrogens with one attached hydrogen (secondary N) is 2. The molecule has 0 saturated carbocycles. The number of aromatic amines is 2. The molecule has 8 nitrogen and oxygen atoms in total. The van der Waals surface area contributed by atoms with Gasteiger partial charge in [-0.2, -0.15) is 10.2 Å². The molecule has 2 aromatic rings. The Hall–Kier alpha value is -2.29. The number of nitrogens with zero attached hydrogens (tertiary/aromatic N) is 4. The maximum Gasteiger partial charge on any atom is 0.232 e. The zero-order valence-corrected chi connectivity index (χ0v) is 17.4. The third-order valence-electron chi connectivity index (χ3n) is 6.13. The number of likely N-dealkylation sites (tertiary alicyclic amines) is 2. The van der Waals surface area contributed by atoms with Crippen molar-refractivity contribution in [3.63, 3.8) is 0 Å². The Balaban J connectivity index is 1.13. The summed E-state index contributed by atoms with van der Waals surface area (Å²) in [4.78, 5) is 28.8. The number of hydrogen-bond donors (Lipinski definition) is 2. The van der Waals surface area contributed by atoms with Gasteiger partial charge in [0, 0.05) is 38.6 Å². The Kier molecular flexibility index (Phi) is 6.53. The van der Waals surface area contributed by atoms with Crippen molar-refractivity contribution < 1.29 is 9.59 Å². The van der Waals surface area contributed by atoms with E-state index in [0.29, 0.717) is 23.3 Å². The molecule has 9 heteroatoms. The normalized spacial score (nSPS) is 18.9. The van der Waals surface area contributed by atoms with Gasteiger partial charge < -0.3 is 9.80 Å². The lowest BCUT2D eigenvalue weighted by Gasteiger charge is -2.32. The van der Waals surface area contributed by atoms with Crippen LogP contribution in [-0.4, -0.2) is 79.7 Å². The Bertz CT molecular complexity index is 712. The molecule has 0 atom stereocenters. The van der Waals surface area contributed by atoms with Crippen molar-refractivity contribution in [3.8, 4) is 0 Å². The number of H-pyrrole nitrogens is 2. The zero-order chi connectivity index (χ0) is 20.1. The van der Waals surface area contributed by atoms with Crippen molar-refractivity contribution in [2.24, 2.45) is 0 Å². The van der Waals surface area contributed by atoms with Crippen molar-refractivity contribution in [2.45, 2.75) is 37.5 Å². The lowest BCUT2D eigenvalue weighted by molar-refractivity contribution is -0.129. The average Bonchev–Trinajstić information content (AvgIpc) is 3.48. The second-order valence-electron chi connectivity index (χ2n) is 7.87. The lowest BCUT2D eigenvalue weighted by atomic mass is 9.91. The standard InChI is InChI=1S/C20H28N6O2S/c27-19(25-5-1-15(2-6-25)17-9-21-22-10-17)13-29-14-20(28)26-7-3-16(4-8-26)18-11-23-24-12-18/h9-12,15-16H,1-8,13-14H2,(H,21,22)(H,23,24). The third kappa shape index (κ3) is 5.01. The van der Waals surface area contributed by atoms with E-state index >= 15 is 0 Å². The van der Waals surface area contributed by atoms with Crippen LogP contribution in [0.2, 0.25) is 0 Å². The molecule has 4 rings (SSSR count). The maximum absolute atomic E-state index is 12.5. The van der Waals surface area contributed by atoms with E-state index in [0.717, 1.165) is 51.9 Å². The Morgan fingerprint density at radius 1 is 0.828 bits per heavy atom. The summed E-state index contributed by atoms with van der Waals surface area (Å²) >= 11 is 1.44. The summed E-state index contributed by atoms with van der Waals surface area (Å²) in [5, 5.41) is 13.8. The highest BCUT2D eigenvalue weighted by Gasteiger charge is 2.26.